The fourth-order valence-electron chi connectivity index (χ4n) is 6.19. The van der Waals surface area contributed by atoms with Crippen molar-refractivity contribution in [2.45, 2.75) is 179 Å². The average molecular weight is 891 g/mol. The molecule has 1 rings (SSSR count). The molecule has 4 N–H and O–H groups in total. The molecule has 352 valence electrons. The van der Waals surface area contributed by atoms with Gasteiger partial charge < -0.3 is 34.3 Å². The summed E-state index contributed by atoms with van der Waals surface area (Å²) in [4.78, 5) is 25.4. The van der Waals surface area contributed by atoms with E-state index in [1.807, 2.05) is 0 Å². The van der Waals surface area contributed by atoms with Crippen LogP contribution in [0.5, 0.6) is 0 Å². The van der Waals surface area contributed by atoms with Gasteiger partial charge in [-0.25, -0.2) is 0 Å². The zero-order valence-electron chi connectivity index (χ0n) is 37.4. The maximum Gasteiger partial charge on any atom is 0.306 e. The van der Waals surface area contributed by atoms with Crippen LogP contribution in [0.4, 0.5) is 0 Å². The number of unbranched alkanes of at least 4 members (excludes halogenated alkanes) is 8. The Balaban J connectivity index is 2.49. The number of carbonyl (C=O) groups is 2. The van der Waals surface area contributed by atoms with E-state index >= 15 is 0 Å². The van der Waals surface area contributed by atoms with E-state index < -0.39 is 71.2 Å². The van der Waals surface area contributed by atoms with Crippen LogP contribution in [-0.2, 0) is 38.7 Å². The summed E-state index contributed by atoms with van der Waals surface area (Å²) in [6.07, 6.45) is 41.6. The first-order valence-corrected chi connectivity index (χ1v) is 24.4. The Labute approximate surface area is 373 Å². The zero-order valence-corrected chi connectivity index (χ0v) is 38.2. The average Bonchev–Trinajstić information content (AvgIpc) is 3.24. The van der Waals surface area contributed by atoms with Crippen molar-refractivity contribution in [2.75, 3.05) is 19.0 Å². The Morgan fingerprint density at radius 1 is 0.548 bits per heavy atom. The summed E-state index contributed by atoms with van der Waals surface area (Å²) in [5.41, 5.74) is 0. The summed E-state index contributed by atoms with van der Waals surface area (Å²) in [7, 11) is -4.62. The van der Waals surface area contributed by atoms with E-state index in [-0.39, 0.29) is 19.4 Å². The van der Waals surface area contributed by atoms with Gasteiger partial charge in [-0.2, -0.15) is 8.42 Å². The second kappa shape index (κ2) is 38.1. The number of aliphatic hydroxyl groups excluding tert-OH is 3. The van der Waals surface area contributed by atoms with E-state index in [1.165, 1.54) is 0 Å². The summed E-state index contributed by atoms with van der Waals surface area (Å²) >= 11 is 0. The van der Waals surface area contributed by atoms with Crippen LogP contribution in [0.1, 0.15) is 142 Å². The molecule has 0 aromatic heterocycles. The fourth-order valence-corrected chi connectivity index (χ4v) is 6.88. The standard InChI is InChI=1S/C49H78O12S/c1-3-5-7-9-11-13-15-17-19-20-21-22-24-26-28-30-32-34-36-38-45(51)60-42(40-59-49-48(54)47(53)46(52)43(61-49)41-62(55,56)57)39-58-44(50)37-35-33-31-29-27-25-23-18-16-14-12-10-8-6-4-2/h5-8,11-14,17-19,21-23,27,29,42-43,46-49,52-54H,3-4,9-10,15-16,20,24-26,28,30-41H2,1-2H3,(H,55,56,57)/b7-5-,8-6-,13-11-,14-12-,19-17-,22-21-,23-18-,29-27-. The first kappa shape index (κ1) is 56.6. The third-order valence-electron chi connectivity index (χ3n) is 9.66. The highest BCUT2D eigenvalue weighted by molar-refractivity contribution is 7.85. The Morgan fingerprint density at radius 3 is 1.47 bits per heavy atom. The molecule has 0 spiro atoms. The second-order valence-corrected chi connectivity index (χ2v) is 16.8. The third-order valence-corrected chi connectivity index (χ3v) is 10.4. The first-order valence-electron chi connectivity index (χ1n) is 22.8. The minimum absolute atomic E-state index is 0.133. The van der Waals surface area contributed by atoms with E-state index in [4.69, 9.17) is 18.9 Å². The predicted molar refractivity (Wildman–Crippen MR) is 247 cm³/mol. The Bertz CT molecular complexity index is 1510. The SMILES string of the molecule is CC/C=C\C/C=C\C/C=C\C/C=C\CCCCCCCCC(=O)OC(COC(=O)CCCC/C=C\C/C=C\C/C=C\C/C=C\CC)COC1OC(CS(=O)(=O)O)C(O)C(O)C1O. The smallest absolute Gasteiger partial charge is 0.306 e. The molecule has 0 saturated carbocycles. The molecule has 0 amide bonds. The lowest BCUT2D eigenvalue weighted by atomic mass is 10.00. The lowest BCUT2D eigenvalue weighted by Crippen LogP contribution is -2.60. The van der Waals surface area contributed by atoms with E-state index in [0.29, 0.717) is 12.8 Å². The molecule has 0 aliphatic carbocycles. The largest absolute Gasteiger partial charge is 0.462 e. The Kier molecular flexibility index (Phi) is 34.7. The van der Waals surface area contributed by atoms with Crippen LogP contribution in [0.3, 0.4) is 0 Å². The van der Waals surface area contributed by atoms with E-state index in [2.05, 4.69) is 111 Å². The highest BCUT2D eigenvalue weighted by Crippen LogP contribution is 2.24. The van der Waals surface area contributed by atoms with Crippen molar-refractivity contribution in [2.24, 2.45) is 0 Å². The van der Waals surface area contributed by atoms with Crippen molar-refractivity contribution < 1.29 is 56.8 Å². The summed E-state index contributed by atoms with van der Waals surface area (Å²) in [6.45, 7) is 3.47. The van der Waals surface area contributed by atoms with Gasteiger partial charge in [0.1, 0.15) is 36.8 Å². The van der Waals surface area contributed by atoms with Gasteiger partial charge in [0, 0.05) is 12.8 Å². The van der Waals surface area contributed by atoms with Crippen LogP contribution in [0.2, 0.25) is 0 Å². The molecule has 62 heavy (non-hydrogen) atoms. The van der Waals surface area contributed by atoms with Gasteiger partial charge in [-0.3, -0.25) is 14.1 Å². The number of hydrogen-bond donors (Lipinski definition) is 4. The summed E-state index contributed by atoms with van der Waals surface area (Å²) in [5.74, 6) is -2.07. The molecule has 1 heterocycles. The van der Waals surface area contributed by atoms with Crippen molar-refractivity contribution in [1.29, 1.82) is 0 Å². The van der Waals surface area contributed by atoms with Crippen LogP contribution in [0.25, 0.3) is 0 Å². The fraction of sp³-hybridized carbons (Fsp3) is 0.633. The lowest BCUT2D eigenvalue weighted by molar-refractivity contribution is -0.297. The van der Waals surface area contributed by atoms with Crippen LogP contribution < -0.4 is 0 Å². The maximum absolute atomic E-state index is 12.8. The highest BCUT2D eigenvalue weighted by atomic mass is 32.2. The van der Waals surface area contributed by atoms with E-state index in [1.54, 1.807) is 0 Å². The van der Waals surface area contributed by atoms with E-state index in [0.717, 1.165) is 103 Å². The number of aliphatic hydroxyl groups is 3. The number of hydrogen-bond acceptors (Lipinski definition) is 11. The Hall–Kier alpha value is -3.43. The van der Waals surface area contributed by atoms with Gasteiger partial charge in [-0.05, 0) is 89.9 Å². The number of carbonyl (C=O) groups excluding carboxylic acids is 2. The molecule has 1 aliphatic rings. The quantitative estimate of drug-likeness (QED) is 0.0202. The number of rotatable bonds is 36. The molecule has 0 bridgehead atoms. The van der Waals surface area contributed by atoms with Gasteiger partial charge in [0.05, 0.1) is 6.61 Å². The van der Waals surface area contributed by atoms with Crippen molar-refractivity contribution in [3.8, 4) is 0 Å². The van der Waals surface area contributed by atoms with Crippen molar-refractivity contribution in [1.82, 2.24) is 0 Å². The molecule has 12 nitrogen and oxygen atoms in total. The maximum atomic E-state index is 12.8. The summed E-state index contributed by atoms with van der Waals surface area (Å²) in [5, 5.41) is 30.9. The summed E-state index contributed by atoms with van der Waals surface area (Å²) < 4.78 is 54.0. The first-order chi connectivity index (χ1) is 30.0. The van der Waals surface area contributed by atoms with Gasteiger partial charge in [0.15, 0.2) is 12.4 Å². The van der Waals surface area contributed by atoms with Crippen molar-refractivity contribution in [3.63, 3.8) is 0 Å². The van der Waals surface area contributed by atoms with Crippen molar-refractivity contribution >= 4 is 22.1 Å². The Morgan fingerprint density at radius 2 is 0.968 bits per heavy atom. The highest BCUT2D eigenvalue weighted by Gasteiger charge is 2.46. The predicted octanol–water partition coefficient (Wildman–Crippen LogP) is 9.44. The van der Waals surface area contributed by atoms with Gasteiger partial charge in [0.25, 0.3) is 10.1 Å². The van der Waals surface area contributed by atoms with Gasteiger partial charge >= 0.3 is 11.9 Å². The molecule has 1 saturated heterocycles. The normalized spacial score (nSPS) is 20.8. The zero-order chi connectivity index (χ0) is 45.5. The van der Waals surface area contributed by atoms with Gasteiger partial charge in [-0.1, -0.05) is 137 Å². The van der Waals surface area contributed by atoms with Gasteiger partial charge in [0.2, 0.25) is 0 Å². The molecule has 13 heteroatoms. The summed E-state index contributed by atoms with van der Waals surface area (Å²) in [6, 6.07) is 0. The molecule has 0 radical (unpaired) electrons. The van der Waals surface area contributed by atoms with Crippen LogP contribution >= 0.6 is 0 Å². The minimum atomic E-state index is -4.62. The number of esters is 2. The molecule has 6 atom stereocenters. The van der Waals surface area contributed by atoms with Gasteiger partial charge in [-0.15, -0.1) is 0 Å². The molecule has 1 fully saturated rings. The second-order valence-electron chi connectivity index (χ2n) is 15.3. The molecule has 6 unspecified atom stereocenters. The molecule has 1 aliphatic heterocycles. The lowest BCUT2D eigenvalue weighted by Gasteiger charge is -2.40. The van der Waals surface area contributed by atoms with E-state index in [9.17, 15) is 37.9 Å². The number of ether oxygens (including phenoxy) is 4. The molecular formula is C49H78O12S. The minimum Gasteiger partial charge on any atom is -0.462 e. The molecule has 0 aromatic rings. The third kappa shape index (κ3) is 32.3. The van der Waals surface area contributed by atoms with Crippen molar-refractivity contribution in [3.05, 3.63) is 97.2 Å². The number of allylic oxidation sites excluding steroid dienone is 16. The molecule has 0 aromatic carbocycles. The van der Waals surface area contributed by atoms with Crippen LogP contribution in [-0.4, -0.2) is 96.0 Å². The monoisotopic (exact) mass is 891 g/mol. The van der Waals surface area contributed by atoms with Crippen LogP contribution in [0, 0.1) is 0 Å². The van der Waals surface area contributed by atoms with Crippen LogP contribution in [0.15, 0.2) is 97.2 Å². The molecular weight excluding hydrogens is 813 g/mol. The topological polar surface area (TPSA) is 186 Å².